The molecule has 0 saturated carbocycles. The summed E-state index contributed by atoms with van der Waals surface area (Å²) in [7, 11) is 1.73. The number of carbonyl (C=O) groups excluding carboxylic acids is 2. The van der Waals surface area contributed by atoms with Crippen LogP contribution in [0.3, 0.4) is 0 Å². The lowest BCUT2D eigenvalue weighted by molar-refractivity contribution is -0.145. The highest BCUT2D eigenvalue weighted by molar-refractivity contribution is 5.85. The van der Waals surface area contributed by atoms with E-state index in [2.05, 4.69) is 5.32 Å². The summed E-state index contributed by atoms with van der Waals surface area (Å²) in [6, 6.07) is 4.70. The fourth-order valence-electron chi connectivity index (χ4n) is 1.71. The standard InChI is InChI=1S/C19H29NO5.ClH/c1-18(2,3)16(22)24-14-9-8-12(13(21)11-20-7)10-15(14)25-17(23)19(4,5)6;/h8-10,13,20-21H,11H2,1-7H3;1H/t13-;/m1./s1. The Morgan fingerprint density at radius 1 is 1.00 bits per heavy atom. The second-order valence-corrected chi connectivity index (χ2v) is 8.06. The number of benzene rings is 1. The molecule has 0 aliphatic heterocycles. The molecule has 7 heteroatoms. The molecule has 148 valence electrons. The first-order chi connectivity index (χ1) is 11.4. The number of aliphatic hydroxyl groups excluding tert-OH is 1. The van der Waals surface area contributed by atoms with Crippen molar-refractivity contribution in [2.24, 2.45) is 10.8 Å². The first kappa shape index (κ1) is 24.4. The van der Waals surface area contributed by atoms with Crippen LogP contribution in [0.2, 0.25) is 0 Å². The number of rotatable bonds is 5. The summed E-state index contributed by atoms with van der Waals surface area (Å²) in [5.41, 5.74) is -0.859. The van der Waals surface area contributed by atoms with E-state index in [-0.39, 0.29) is 23.9 Å². The van der Waals surface area contributed by atoms with Gasteiger partial charge in [0.25, 0.3) is 0 Å². The quantitative estimate of drug-likeness (QED) is 0.595. The lowest BCUT2D eigenvalue weighted by Crippen LogP contribution is -2.28. The molecular formula is C19H30ClNO5. The van der Waals surface area contributed by atoms with Crippen LogP contribution in [-0.2, 0) is 9.59 Å². The average molecular weight is 388 g/mol. The second-order valence-electron chi connectivity index (χ2n) is 8.06. The molecule has 0 heterocycles. The van der Waals surface area contributed by atoms with Crippen LogP contribution in [0, 0.1) is 10.8 Å². The molecule has 0 spiro atoms. The van der Waals surface area contributed by atoms with Gasteiger partial charge in [0.2, 0.25) is 0 Å². The Hall–Kier alpha value is -1.63. The van der Waals surface area contributed by atoms with Gasteiger partial charge in [-0.15, -0.1) is 12.4 Å². The van der Waals surface area contributed by atoms with Crippen molar-refractivity contribution >= 4 is 24.3 Å². The number of esters is 2. The van der Waals surface area contributed by atoms with Gasteiger partial charge >= 0.3 is 11.9 Å². The van der Waals surface area contributed by atoms with Crippen molar-refractivity contribution < 1.29 is 24.2 Å². The molecule has 0 unspecified atom stereocenters. The molecule has 1 aromatic rings. The van der Waals surface area contributed by atoms with Gasteiger partial charge in [0.15, 0.2) is 11.5 Å². The molecule has 26 heavy (non-hydrogen) atoms. The van der Waals surface area contributed by atoms with Gasteiger partial charge in [-0.1, -0.05) is 6.07 Å². The molecule has 1 atom stereocenters. The van der Waals surface area contributed by atoms with Crippen molar-refractivity contribution in [2.45, 2.75) is 47.6 Å². The summed E-state index contributed by atoms with van der Waals surface area (Å²) in [5, 5.41) is 13.0. The Balaban J connectivity index is 0.00000625. The maximum absolute atomic E-state index is 12.2. The molecule has 1 aromatic carbocycles. The van der Waals surface area contributed by atoms with Gasteiger partial charge < -0.3 is 19.9 Å². The molecule has 0 fully saturated rings. The zero-order chi connectivity index (χ0) is 19.4. The normalized spacial score (nSPS) is 12.8. The van der Waals surface area contributed by atoms with E-state index in [9.17, 15) is 14.7 Å². The molecule has 6 nitrogen and oxygen atoms in total. The Morgan fingerprint density at radius 2 is 1.46 bits per heavy atom. The molecule has 2 N–H and O–H groups in total. The van der Waals surface area contributed by atoms with Crippen LogP contribution in [0.25, 0.3) is 0 Å². The lowest BCUT2D eigenvalue weighted by atomic mass is 9.97. The van der Waals surface area contributed by atoms with E-state index in [1.54, 1.807) is 54.7 Å². The smallest absolute Gasteiger partial charge is 0.316 e. The fourth-order valence-corrected chi connectivity index (χ4v) is 1.71. The summed E-state index contributed by atoms with van der Waals surface area (Å²) in [6.07, 6.45) is -0.774. The van der Waals surface area contributed by atoms with Crippen molar-refractivity contribution in [3.8, 4) is 11.5 Å². The SMILES string of the molecule is CNC[C@@H](O)c1ccc(OC(=O)C(C)(C)C)c(OC(=O)C(C)(C)C)c1.Cl. The van der Waals surface area contributed by atoms with E-state index < -0.39 is 28.9 Å². The predicted octanol–water partition coefficient (Wildman–Crippen LogP) is 3.26. The Morgan fingerprint density at radius 3 is 1.88 bits per heavy atom. The number of halogens is 1. The van der Waals surface area contributed by atoms with Crippen molar-refractivity contribution in [2.75, 3.05) is 13.6 Å². The van der Waals surface area contributed by atoms with Gasteiger partial charge in [-0.2, -0.15) is 0 Å². The first-order valence-corrected chi connectivity index (χ1v) is 8.27. The van der Waals surface area contributed by atoms with E-state index in [0.29, 0.717) is 12.1 Å². The van der Waals surface area contributed by atoms with Crippen LogP contribution >= 0.6 is 12.4 Å². The molecule has 0 aliphatic rings. The molecule has 0 bridgehead atoms. The third-order valence-corrected chi connectivity index (χ3v) is 3.38. The molecule has 0 aliphatic carbocycles. The number of ether oxygens (including phenoxy) is 2. The minimum atomic E-state index is -0.774. The van der Waals surface area contributed by atoms with E-state index in [1.165, 1.54) is 12.1 Å². The Kier molecular flexibility index (Phi) is 8.76. The minimum absolute atomic E-state index is 0. The first-order valence-electron chi connectivity index (χ1n) is 8.27. The van der Waals surface area contributed by atoms with E-state index in [4.69, 9.17) is 9.47 Å². The second kappa shape index (κ2) is 9.35. The van der Waals surface area contributed by atoms with Crippen molar-refractivity contribution in [1.82, 2.24) is 5.32 Å². The molecular weight excluding hydrogens is 358 g/mol. The largest absolute Gasteiger partial charge is 0.422 e. The third-order valence-electron chi connectivity index (χ3n) is 3.38. The summed E-state index contributed by atoms with van der Waals surface area (Å²) in [5.74, 6) is -0.631. The molecule has 1 rings (SSSR count). The van der Waals surface area contributed by atoms with Crippen LogP contribution in [-0.4, -0.2) is 30.6 Å². The van der Waals surface area contributed by atoms with Crippen LogP contribution in [0.4, 0.5) is 0 Å². The number of hydrogen-bond donors (Lipinski definition) is 2. The molecule has 0 aromatic heterocycles. The topological polar surface area (TPSA) is 84.9 Å². The van der Waals surface area contributed by atoms with E-state index in [0.717, 1.165) is 0 Å². The number of hydrogen-bond acceptors (Lipinski definition) is 6. The van der Waals surface area contributed by atoms with Crippen molar-refractivity contribution in [3.05, 3.63) is 23.8 Å². The maximum atomic E-state index is 12.2. The van der Waals surface area contributed by atoms with E-state index >= 15 is 0 Å². The predicted molar refractivity (Wildman–Crippen MR) is 103 cm³/mol. The molecule has 0 saturated heterocycles. The highest BCUT2D eigenvalue weighted by atomic mass is 35.5. The van der Waals surface area contributed by atoms with Crippen LogP contribution in [0.15, 0.2) is 18.2 Å². The fraction of sp³-hybridized carbons (Fsp3) is 0.579. The number of likely N-dealkylation sites (N-methyl/N-ethyl adjacent to an activating group) is 1. The van der Waals surface area contributed by atoms with Gasteiger partial charge in [0, 0.05) is 6.54 Å². The zero-order valence-corrected chi connectivity index (χ0v) is 17.3. The van der Waals surface area contributed by atoms with Gasteiger partial charge in [-0.3, -0.25) is 9.59 Å². The highest BCUT2D eigenvalue weighted by Gasteiger charge is 2.28. The summed E-state index contributed by atoms with van der Waals surface area (Å²) in [4.78, 5) is 24.4. The summed E-state index contributed by atoms with van der Waals surface area (Å²) in [6.45, 7) is 10.7. The number of aliphatic hydroxyl groups is 1. The molecule has 0 radical (unpaired) electrons. The number of nitrogens with one attached hydrogen (secondary N) is 1. The Labute approximate surface area is 161 Å². The van der Waals surface area contributed by atoms with Gasteiger partial charge in [0.1, 0.15) is 0 Å². The zero-order valence-electron chi connectivity index (χ0n) is 16.5. The maximum Gasteiger partial charge on any atom is 0.316 e. The minimum Gasteiger partial charge on any atom is -0.422 e. The monoisotopic (exact) mass is 387 g/mol. The highest BCUT2D eigenvalue weighted by Crippen LogP contribution is 2.34. The Bertz CT molecular complexity index is 632. The third kappa shape index (κ3) is 6.94. The molecule has 0 amide bonds. The van der Waals surface area contributed by atoms with Crippen LogP contribution in [0.5, 0.6) is 11.5 Å². The summed E-state index contributed by atoms with van der Waals surface area (Å²) < 4.78 is 10.8. The van der Waals surface area contributed by atoms with Crippen molar-refractivity contribution in [3.63, 3.8) is 0 Å². The van der Waals surface area contributed by atoms with Gasteiger partial charge in [-0.05, 0) is 66.3 Å². The lowest BCUT2D eigenvalue weighted by Gasteiger charge is -2.21. The van der Waals surface area contributed by atoms with Crippen LogP contribution in [0.1, 0.15) is 53.2 Å². The van der Waals surface area contributed by atoms with Gasteiger partial charge in [-0.25, -0.2) is 0 Å². The average Bonchev–Trinajstić information content (AvgIpc) is 2.47. The number of carbonyl (C=O) groups is 2. The van der Waals surface area contributed by atoms with E-state index in [1.807, 2.05) is 0 Å². The van der Waals surface area contributed by atoms with Gasteiger partial charge in [0.05, 0.1) is 16.9 Å². The summed E-state index contributed by atoms with van der Waals surface area (Å²) >= 11 is 0. The van der Waals surface area contributed by atoms with Crippen molar-refractivity contribution in [1.29, 1.82) is 0 Å². The van der Waals surface area contributed by atoms with Crippen LogP contribution < -0.4 is 14.8 Å².